The summed E-state index contributed by atoms with van der Waals surface area (Å²) in [6.07, 6.45) is 3.86. The molecule has 1 aromatic heterocycles. The molecule has 0 amide bonds. The molecule has 2 rings (SSSR count). The van der Waals surface area contributed by atoms with Crippen LogP contribution in [0.15, 0.2) is 24.3 Å². The van der Waals surface area contributed by atoms with Gasteiger partial charge >= 0.3 is 5.97 Å². The third-order valence-corrected chi connectivity index (χ3v) is 3.76. The smallest absolute Gasteiger partial charge is 0.344 e. The molecule has 23 heavy (non-hydrogen) atoms. The van der Waals surface area contributed by atoms with E-state index < -0.39 is 5.97 Å². The van der Waals surface area contributed by atoms with Gasteiger partial charge in [0, 0.05) is 11.5 Å². The Morgan fingerprint density at radius 2 is 2.22 bits per heavy atom. The van der Waals surface area contributed by atoms with Crippen molar-refractivity contribution in [2.24, 2.45) is 0 Å². The van der Waals surface area contributed by atoms with Gasteiger partial charge in [0.25, 0.3) is 0 Å². The molecule has 0 N–H and O–H groups in total. The average molecular weight is 355 g/mol. The molecule has 0 saturated heterocycles. The molecule has 0 fully saturated rings. The fraction of sp³-hybridized carbons (Fsp3) is 0.267. The van der Waals surface area contributed by atoms with Crippen molar-refractivity contribution in [2.45, 2.75) is 13.5 Å². The van der Waals surface area contributed by atoms with E-state index in [0.29, 0.717) is 21.5 Å². The molecule has 0 aliphatic rings. The summed E-state index contributed by atoms with van der Waals surface area (Å²) in [5.41, 5.74) is 1.41. The van der Waals surface area contributed by atoms with Gasteiger partial charge in [0.1, 0.15) is 16.6 Å². The number of rotatable bonds is 7. The summed E-state index contributed by atoms with van der Waals surface area (Å²) in [7, 11) is 1.54. The Morgan fingerprint density at radius 3 is 2.87 bits per heavy atom. The summed E-state index contributed by atoms with van der Waals surface area (Å²) >= 11 is 6.86. The van der Waals surface area contributed by atoms with Gasteiger partial charge in [0.05, 0.1) is 7.11 Å². The fourth-order valence-electron chi connectivity index (χ4n) is 1.71. The van der Waals surface area contributed by atoms with Crippen LogP contribution in [0.3, 0.4) is 0 Å². The van der Waals surface area contributed by atoms with Crippen LogP contribution >= 0.6 is 23.1 Å². The van der Waals surface area contributed by atoms with Gasteiger partial charge in [-0.05, 0) is 24.6 Å². The molecule has 1 heterocycles. The molecule has 6 nitrogen and oxygen atoms in total. The summed E-state index contributed by atoms with van der Waals surface area (Å²) in [6, 6.07) is 5.42. The zero-order chi connectivity index (χ0) is 16.7. The lowest BCUT2D eigenvalue weighted by molar-refractivity contribution is -0.147. The molecule has 0 atom stereocenters. The van der Waals surface area contributed by atoms with E-state index >= 15 is 0 Å². The predicted molar refractivity (Wildman–Crippen MR) is 87.9 cm³/mol. The van der Waals surface area contributed by atoms with Crippen LogP contribution in [0.5, 0.6) is 11.5 Å². The van der Waals surface area contributed by atoms with Crippen molar-refractivity contribution >= 4 is 35.2 Å². The number of nitrogens with zero attached hydrogens (tertiary/aromatic N) is 2. The zero-order valence-electron chi connectivity index (χ0n) is 12.6. The molecule has 0 bridgehead atoms. The molecular weight excluding hydrogens is 340 g/mol. The van der Waals surface area contributed by atoms with Crippen molar-refractivity contribution in [3.8, 4) is 11.5 Å². The highest BCUT2D eigenvalue weighted by Gasteiger charge is 2.12. The van der Waals surface area contributed by atoms with E-state index in [4.69, 9.17) is 25.8 Å². The van der Waals surface area contributed by atoms with Gasteiger partial charge in [-0.25, -0.2) is 4.79 Å². The van der Waals surface area contributed by atoms with Gasteiger partial charge in [-0.15, -0.1) is 5.10 Å². The van der Waals surface area contributed by atoms with Crippen LogP contribution in [0.25, 0.3) is 6.08 Å². The van der Waals surface area contributed by atoms with Crippen molar-refractivity contribution < 1.29 is 19.0 Å². The van der Waals surface area contributed by atoms with Crippen LogP contribution in [0.1, 0.15) is 18.2 Å². The number of allylic oxidation sites excluding steroid dienone is 1. The van der Waals surface area contributed by atoms with Crippen molar-refractivity contribution in [1.29, 1.82) is 0 Å². The number of hydrogen-bond donors (Lipinski definition) is 0. The summed E-state index contributed by atoms with van der Waals surface area (Å²) in [5.74, 6) is 0.472. The number of methoxy groups -OCH3 is 1. The van der Waals surface area contributed by atoms with Crippen molar-refractivity contribution in [3.05, 3.63) is 39.9 Å². The summed E-state index contributed by atoms with van der Waals surface area (Å²) in [5, 5.41) is 3.75. The molecule has 0 radical (unpaired) electrons. The molecule has 2 aromatic rings. The largest absolute Gasteiger partial charge is 0.493 e. The minimum Gasteiger partial charge on any atom is -0.493 e. The highest BCUT2D eigenvalue weighted by Crippen LogP contribution is 2.28. The SMILES string of the molecule is C/C=C\c1ccc(OCC(=O)OCc2nnsc2Cl)c(OC)c1. The van der Waals surface area contributed by atoms with Gasteiger partial charge in [0.15, 0.2) is 18.1 Å². The number of carbonyl (C=O) groups excluding carboxylic acids is 1. The van der Waals surface area contributed by atoms with E-state index in [9.17, 15) is 4.79 Å². The van der Waals surface area contributed by atoms with Crippen molar-refractivity contribution in [2.75, 3.05) is 13.7 Å². The van der Waals surface area contributed by atoms with Gasteiger partial charge < -0.3 is 14.2 Å². The summed E-state index contributed by atoms with van der Waals surface area (Å²) in [6.45, 7) is 1.65. The minimum absolute atomic E-state index is 0.0328. The standard InChI is InChI=1S/C15H15ClN2O4S/c1-3-4-10-5-6-12(13(7-10)20-2)21-9-14(19)22-8-11-15(16)23-18-17-11/h3-7H,8-9H2,1-2H3/b4-3-. The third kappa shape index (κ3) is 4.94. The maximum Gasteiger partial charge on any atom is 0.344 e. The van der Waals surface area contributed by atoms with Crippen molar-refractivity contribution in [1.82, 2.24) is 9.59 Å². The number of hydrogen-bond acceptors (Lipinski definition) is 7. The number of halogens is 1. The molecule has 0 unspecified atom stereocenters. The molecule has 8 heteroatoms. The Labute approximate surface area is 142 Å². The molecular formula is C15H15ClN2O4S. The maximum atomic E-state index is 11.7. The van der Waals surface area contributed by atoms with Crippen LogP contribution < -0.4 is 9.47 Å². The van der Waals surface area contributed by atoms with Crippen molar-refractivity contribution in [3.63, 3.8) is 0 Å². The van der Waals surface area contributed by atoms with E-state index in [0.717, 1.165) is 17.1 Å². The Bertz CT molecular complexity index is 703. The topological polar surface area (TPSA) is 70.5 Å². The molecule has 0 saturated carbocycles. The quantitative estimate of drug-likeness (QED) is 0.710. The Kier molecular flexibility index (Phi) is 6.37. The number of carbonyl (C=O) groups is 1. The second-order valence-corrected chi connectivity index (χ2v) is 5.71. The van der Waals surface area contributed by atoms with Gasteiger partial charge in [-0.1, -0.05) is 34.3 Å². The fourth-order valence-corrected chi connectivity index (χ4v) is 2.31. The van der Waals surface area contributed by atoms with E-state index in [-0.39, 0.29) is 13.2 Å². The lowest BCUT2D eigenvalue weighted by Gasteiger charge is -2.11. The van der Waals surface area contributed by atoms with E-state index in [1.807, 2.05) is 31.2 Å². The minimum atomic E-state index is -0.534. The second kappa shape index (κ2) is 8.50. The van der Waals surface area contributed by atoms with Crippen LogP contribution in [0.2, 0.25) is 4.34 Å². The van der Waals surface area contributed by atoms with Crippen LogP contribution in [-0.2, 0) is 16.1 Å². The first-order valence-corrected chi connectivity index (χ1v) is 7.85. The number of benzene rings is 1. The molecule has 1 aromatic carbocycles. The number of ether oxygens (including phenoxy) is 3. The second-order valence-electron chi connectivity index (χ2n) is 4.35. The third-order valence-electron chi connectivity index (χ3n) is 2.77. The molecule has 0 spiro atoms. The Morgan fingerprint density at radius 1 is 1.39 bits per heavy atom. The monoisotopic (exact) mass is 354 g/mol. The van der Waals surface area contributed by atoms with Gasteiger partial charge in [0.2, 0.25) is 0 Å². The van der Waals surface area contributed by atoms with E-state index in [1.165, 1.54) is 7.11 Å². The lowest BCUT2D eigenvalue weighted by Crippen LogP contribution is -2.15. The maximum absolute atomic E-state index is 11.7. The predicted octanol–water partition coefficient (Wildman–Crippen LogP) is 3.36. The van der Waals surface area contributed by atoms with Gasteiger partial charge in [-0.2, -0.15) is 0 Å². The van der Waals surface area contributed by atoms with E-state index in [2.05, 4.69) is 9.59 Å². The highest BCUT2D eigenvalue weighted by molar-refractivity contribution is 7.10. The molecule has 0 aliphatic heterocycles. The molecule has 0 aliphatic carbocycles. The number of esters is 1. The van der Waals surface area contributed by atoms with Crippen LogP contribution in [0, 0.1) is 0 Å². The van der Waals surface area contributed by atoms with Gasteiger partial charge in [-0.3, -0.25) is 0 Å². The highest BCUT2D eigenvalue weighted by atomic mass is 35.5. The first-order chi connectivity index (χ1) is 11.1. The first-order valence-electron chi connectivity index (χ1n) is 6.70. The number of aromatic nitrogens is 2. The summed E-state index contributed by atoms with van der Waals surface area (Å²) < 4.78 is 19.8. The summed E-state index contributed by atoms with van der Waals surface area (Å²) in [4.78, 5) is 11.7. The average Bonchev–Trinajstić information content (AvgIpc) is 2.97. The first kappa shape index (κ1) is 17.2. The van der Waals surface area contributed by atoms with Crippen LogP contribution in [0.4, 0.5) is 0 Å². The zero-order valence-corrected chi connectivity index (χ0v) is 14.2. The van der Waals surface area contributed by atoms with E-state index in [1.54, 1.807) is 6.07 Å². The Balaban J connectivity index is 1.89. The van der Waals surface area contributed by atoms with Crippen LogP contribution in [-0.4, -0.2) is 29.3 Å². The normalized spacial score (nSPS) is 10.7. The Hall–Kier alpha value is -2.12. The molecule has 122 valence electrons. The lowest BCUT2D eigenvalue weighted by atomic mass is 10.2.